The zero-order chi connectivity index (χ0) is 14.9. The highest BCUT2D eigenvalue weighted by Crippen LogP contribution is 2.25. The van der Waals surface area contributed by atoms with Crippen molar-refractivity contribution in [1.82, 2.24) is 9.13 Å². The molecule has 0 fully saturated rings. The minimum atomic E-state index is -0.364. The third kappa shape index (κ3) is 2.89. The van der Waals surface area contributed by atoms with E-state index in [0.29, 0.717) is 28.0 Å². The molecule has 1 N–H and O–H groups in total. The molecule has 106 valence electrons. The van der Waals surface area contributed by atoms with Gasteiger partial charge in [0.15, 0.2) is 0 Å². The molecule has 0 saturated carbocycles. The quantitative estimate of drug-likeness (QED) is 0.943. The highest BCUT2D eigenvalue weighted by Gasteiger charge is 2.07. The van der Waals surface area contributed by atoms with Gasteiger partial charge < -0.3 is 5.32 Å². The molecule has 0 aliphatic heterocycles. The van der Waals surface area contributed by atoms with E-state index in [4.69, 9.17) is 23.2 Å². The first-order valence-corrected chi connectivity index (χ1v) is 6.60. The summed E-state index contributed by atoms with van der Waals surface area (Å²) in [5.74, 6) is 0. The Kier molecular flexibility index (Phi) is 4.20. The van der Waals surface area contributed by atoms with Crippen LogP contribution in [0.1, 0.15) is 5.69 Å². The first-order valence-electron chi connectivity index (χ1n) is 5.85. The molecule has 20 heavy (non-hydrogen) atoms. The number of nitrogens with zero attached hydrogens (tertiary/aromatic N) is 2. The average Bonchev–Trinajstić information content (AvgIpc) is 2.40. The van der Waals surface area contributed by atoms with Gasteiger partial charge in [-0.15, -0.1) is 0 Å². The third-order valence-electron chi connectivity index (χ3n) is 3.02. The van der Waals surface area contributed by atoms with Gasteiger partial charge in [-0.1, -0.05) is 23.2 Å². The summed E-state index contributed by atoms with van der Waals surface area (Å²) in [5.41, 5.74) is 0.553. The molecule has 0 radical (unpaired) electrons. The molecular weight excluding hydrogens is 301 g/mol. The lowest BCUT2D eigenvalue weighted by Gasteiger charge is -2.12. The van der Waals surface area contributed by atoms with E-state index in [0.717, 1.165) is 4.57 Å². The zero-order valence-electron chi connectivity index (χ0n) is 11.0. The second-order valence-electron chi connectivity index (χ2n) is 4.35. The van der Waals surface area contributed by atoms with Crippen molar-refractivity contribution in [3.8, 4) is 0 Å². The molecule has 1 aromatic carbocycles. The SMILES string of the molecule is Cn1c(CNc2ccc(Cl)cc2Cl)cc(=O)n(C)c1=O. The average molecular weight is 314 g/mol. The van der Waals surface area contributed by atoms with Crippen molar-refractivity contribution in [1.29, 1.82) is 0 Å². The lowest BCUT2D eigenvalue weighted by Crippen LogP contribution is -2.38. The number of nitrogens with one attached hydrogen (secondary N) is 1. The molecule has 0 bridgehead atoms. The van der Waals surface area contributed by atoms with Gasteiger partial charge >= 0.3 is 5.69 Å². The van der Waals surface area contributed by atoms with Crippen LogP contribution in [-0.4, -0.2) is 9.13 Å². The van der Waals surface area contributed by atoms with Crippen LogP contribution in [0.4, 0.5) is 5.69 Å². The van der Waals surface area contributed by atoms with Crippen LogP contribution in [0.2, 0.25) is 10.0 Å². The van der Waals surface area contributed by atoms with Crippen LogP contribution in [0.3, 0.4) is 0 Å². The summed E-state index contributed by atoms with van der Waals surface area (Å²) >= 11 is 11.9. The molecule has 7 heteroatoms. The molecule has 0 saturated heterocycles. The largest absolute Gasteiger partial charge is 0.378 e. The fourth-order valence-electron chi connectivity index (χ4n) is 1.77. The molecule has 0 amide bonds. The van der Waals surface area contributed by atoms with Crippen molar-refractivity contribution in [3.63, 3.8) is 0 Å². The fraction of sp³-hybridized carbons (Fsp3) is 0.231. The van der Waals surface area contributed by atoms with E-state index in [1.807, 2.05) is 0 Å². The Morgan fingerprint density at radius 3 is 2.45 bits per heavy atom. The van der Waals surface area contributed by atoms with E-state index in [1.165, 1.54) is 17.7 Å². The van der Waals surface area contributed by atoms with E-state index in [1.54, 1.807) is 25.2 Å². The van der Waals surface area contributed by atoms with Crippen molar-refractivity contribution in [3.05, 3.63) is 60.8 Å². The summed E-state index contributed by atoms with van der Waals surface area (Å²) in [6.45, 7) is 0.309. The number of rotatable bonds is 3. The Morgan fingerprint density at radius 1 is 1.10 bits per heavy atom. The Balaban J connectivity index is 2.28. The van der Waals surface area contributed by atoms with Crippen LogP contribution in [0.25, 0.3) is 0 Å². The van der Waals surface area contributed by atoms with Crippen LogP contribution in [0, 0.1) is 0 Å². The maximum Gasteiger partial charge on any atom is 0.330 e. The normalized spacial score (nSPS) is 10.6. The predicted octanol–water partition coefficient (Wildman–Crippen LogP) is 2.00. The van der Waals surface area contributed by atoms with Crippen molar-refractivity contribution >= 4 is 28.9 Å². The Morgan fingerprint density at radius 2 is 1.80 bits per heavy atom. The third-order valence-corrected chi connectivity index (χ3v) is 3.56. The fourth-order valence-corrected chi connectivity index (χ4v) is 2.24. The van der Waals surface area contributed by atoms with E-state index < -0.39 is 0 Å². The minimum Gasteiger partial charge on any atom is -0.378 e. The Hall–Kier alpha value is -1.72. The molecule has 2 aromatic rings. The van der Waals surface area contributed by atoms with E-state index in [9.17, 15) is 9.59 Å². The molecule has 1 heterocycles. The summed E-state index contributed by atoms with van der Waals surface area (Å²) in [6.07, 6.45) is 0. The van der Waals surface area contributed by atoms with Crippen LogP contribution >= 0.6 is 23.2 Å². The number of hydrogen-bond acceptors (Lipinski definition) is 3. The zero-order valence-corrected chi connectivity index (χ0v) is 12.5. The van der Waals surface area contributed by atoms with Crippen LogP contribution < -0.4 is 16.6 Å². The van der Waals surface area contributed by atoms with Gasteiger partial charge in [0, 0.05) is 30.9 Å². The number of benzene rings is 1. The van der Waals surface area contributed by atoms with Gasteiger partial charge in [-0.05, 0) is 18.2 Å². The molecule has 0 aliphatic rings. The highest BCUT2D eigenvalue weighted by molar-refractivity contribution is 6.36. The van der Waals surface area contributed by atoms with Gasteiger partial charge in [0.1, 0.15) is 0 Å². The first kappa shape index (κ1) is 14.7. The number of anilines is 1. The predicted molar refractivity (Wildman–Crippen MR) is 80.7 cm³/mol. The van der Waals surface area contributed by atoms with Gasteiger partial charge in [-0.3, -0.25) is 13.9 Å². The monoisotopic (exact) mass is 313 g/mol. The summed E-state index contributed by atoms with van der Waals surface area (Å²) in [5, 5.41) is 4.09. The summed E-state index contributed by atoms with van der Waals surface area (Å²) < 4.78 is 2.47. The number of halogens is 2. The summed E-state index contributed by atoms with van der Waals surface area (Å²) in [4.78, 5) is 23.4. The molecule has 0 spiro atoms. The maximum absolute atomic E-state index is 11.8. The van der Waals surface area contributed by atoms with Gasteiger partial charge in [0.05, 0.1) is 17.3 Å². The molecule has 0 atom stereocenters. The van der Waals surface area contributed by atoms with Crippen LogP contribution in [-0.2, 0) is 20.6 Å². The van der Waals surface area contributed by atoms with E-state index >= 15 is 0 Å². The van der Waals surface area contributed by atoms with Crippen molar-refractivity contribution in [2.75, 3.05) is 5.32 Å². The molecule has 2 rings (SSSR count). The second-order valence-corrected chi connectivity index (χ2v) is 5.20. The highest BCUT2D eigenvalue weighted by atomic mass is 35.5. The smallest absolute Gasteiger partial charge is 0.330 e. The lowest BCUT2D eigenvalue weighted by atomic mass is 10.3. The topological polar surface area (TPSA) is 56.0 Å². The van der Waals surface area contributed by atoms with E-state index in [2.05, 4.69) is 5.32 Å². The maximum atomic E-state index is 11.8. The van der Waals surface area contributed by atoms with Crippen molar-refractivity contribution in [2.24, 2.45) is 14.1 Å². The van der Waals surface area contributed by atoms with Crippen LogP contribution in [0.15, 0.2) is 33.9 Å². The number of aromatic nitrogens is 2. The van der Waals surface area contributed by atoms with E-state index in [-0.39, 0.29) is 11.2 Å². The first-order chi connectivity index (χ1) is 9.40. The molecular formula is C13H13Cl2N3O2. The second kappa shape index (κ2) is 5.73. The van der Waals surface area contributed by atoms with Gasteiger partial charge in [0.25, 0.3) is 5.56 Å². The molecule has 1 aromatic heterocycles. The van der Waals surface area contributed by atoms with Gasteiger partial charge in [-0.2, -0.15) is 0 Å². The van der Waals surface area contributed by atoms with Gasteiger partial charge in [-0.25, -0.2) is 4.79 Å². The van der Waals surface area contributed by atoms with Crippen LogP contribution in [0.5, 0.6) is 0 Å². The van der Waals surface area contributed by atoms with Gasteiger partial charge in [0.2, 0.25) is 0 Å². The molecule has 0 unspecified atom stereocenters. The Labute approximate surface area is 125 Å². The summed E-state index contributed by atoms with van der Waals surface area (Å²) in [7, 11) is 3.06. The minimum absolute atomic E-state index is 0.309. The number of hydrogen-bond donors (Lipinski definition) is 1. The molecule has 0 aliphatic carbocycles. The molecule has 5 nitrogen and oxygen atoms in total. The van der Waals surface area contributed by atoms with Crippen molar-refractivity contribution < 1.29 is 0 Å². The standard InChI is InChI=1S/C13H13Cl2N3O2/c1-17-9(6-12(19)18(2)13(17)20)7-16-11-4-3-8(14)5-10(11)15/h3-6,16H,7H2,1-2H3. The summed E-state index contributed by atoms with van der Waals surface area (Å²) in [6, 6.07) is 6.48. The lowest BCUT2D eigenvalue weighted by molar-refractivity contribution is 0.655. The Bertz CT molecular complexity index is 765. The van der Waals surface area contributed by atoms with Crippen molar-refractivity contribution in [2.45, 2.75) is 6.54 Å².